The summed E-state index contributed by atoms with van der Waals surface area (Å²) in [5.74, 6) is 0.824. The summed E-state index contributed by atoms with van der Waals surface area (Å²) in [5, 5.41) is 19.9. The molecule has 3 heterocycles. The van der Waals surface area contributed by atoms with Crippen LogP contribution in [0.1, 0.15) is 56.1 Å². The van der Waals surface area contributed by atoms with Crippen LogP contribution in [-0.4, -0.2) is 38.6 Å². The molecular formula is C24H30N2O5. The SMILES string of the molecule is O=c1nc2oc(CCCCCCCc3ccccc3)cc2cn1[C@H]1C[C@H](O)[C@@H](CO)O1. The van der Waals surface area contributed by atoms with Crippen LogP contribution in [0.3, 0.4) is 0 Å². The van der Waals surface area contributed by atoms with Crippen molar-refractivity contribution in [2.75, 3.05) is 6.61 Å². The molecule has 0 aliphatic carbocycles. The quantitative estimate of drug-likeness (QED) is 0.483. The van der Waals surface area contributed by atoms with E-state index in [0.717, 1.165) is 36.8 Å². The minimum Gasteiger partial charge on any atom is -0.443 e. The molecule has 7 nitrogen and oxygen atoms in total. The zero-order valence-electron chi connectivity index (χ0n) is 17.7. The van der Waals surface area contributed by atoms with Gasteiger partial charge in [0.1, 0.15) is 18.1 Å². The first-order chi connectivity index (χ1) is 15.1. The molecule has 1 saturated heterocycles. The Labute approximate surface area is 181 Å². The zero-order valence-corrected chi connectivity index (χ0v) is 17.7. The molecule has 0 bridgehead atoms. The summed E-state index contributed by atoms with van der Waals surface area (Å²) in [4.78, 5) is 16.4. The Morgan fingerprint density at radius 1 is 1.06 bits per heavy atom. The molecule has 1 aliphatic rings. The molecule has 2 aromatic heterocycles. The number of aliphatic hydroxyl groups is 2. The highest BCUT2D eigenvalue weighted by atomic mass is 16.5. The third-order valence-electron chi connectivity index (χ3n) is 5.91. The number of aryl methyl sites for hydroxylation is 2. The van der Waals surface area contributed by atoms with Crippen molar-refractivity contribution >= 4 is 11.1 Å². The molecular weight excluding hydrogens is 396 g/mol. The second-order valence-electron chi connectivity index (χ2n) is 8.27. The summed E-state index contributed by atoms with van der Waals surface area (Å²) < 4.78 is 12.7. The van der Waals surface area contributed by atoms with E-state index in [1.165, 1.54) is 29.4 Å². The summed E-state index contributed by atoms with van der Waals surface area (Å²) in [6.07, 6.45) is 7.54. The van der Waals surface area contributed by atoms with E-state index in [9.17, 15) is 15.0 Å². The van der Waals surface area contributed by atoms with Crippen molar-refractivity contribution in [3.8, 4) is 0 Å². The topological polar surface area (TPSA) is 97.7 Å². The molecule has 0 unspecified atom stereocenters. The first-order valence-corrected chi connectivity index (χ1v) is 11.1. The first kappa shape index (κ1) is 21.7. The van der Waals surface area contributed by atoms with Crippen molar-refractivity contribution in [1.82, 2.24) is 9.55 Å². The number of aromatic nitrogens is 2. The Morgan fingerprint density at radius 3 is 2.55 bits per heavy atom. The Kier molecular flexibility index (Phi) is 7.17. The van der Waals surface area contributed by atoms with Crippen LogP contribution >= 0.6 is 0 Å². The maximum absolute atomic E-state index is 12.4. The van der Waals surface area contributed by atoms with Gasteiger partial charge in [0, 0.05) is 19.0 Å². The highest BCUT2D eigenvalue weighted by Gasteiger charge is 2.35. The van der Waals surface area contributed by atoms with Gasteiger partial charge in [0.25, 0.3) is 0 Å². The van der Waals surface area contributed by atoms with Crippen LogP contribution in [-0.2, 0) is 17.6 Å². The van der Waals surface area contributed by atoms with E-state index in [2.05, 4.69) is 29.2 Å². The van der Waals surface area contributed by atoms with Gasteiger partial charge in [-0.05, 0) is 30.9 Å². The monoisotopic (exact) mass is 426 g/mol. The minimum absolute atomic E-state index is 0.243. The predicted molar refractivity (Wildman–Crippen MR) is 117 cm³/mol. The maximum Gasteiger partial charge on any atom is 0.353 e. The van der Waals surface area contributed by atoms with Crippen molar-refractivity contribution in [3.63, 3.8) is 0 Å². The molecule has 31 heavy (non-hydrogen) atoms. The molecule has 1 aliphatic heterocycles. The van der Waals surface area contributed by atoms with Gasteiger partial charge in [-0.3, -0.25) is 4.57 Å². The van der Waals surface area contributed by atoms with Gasteiger partial charge in [0.15, 0.2) is 0 Å². The second kappa shape index (κ2) is 10.2. The third-order valence-corrected chi connectivity index (χ3v) is 5.91. The van der Waals surface area contributed by atoms with Gasteiger partial charge in [-0.2, -0.15) is 4.98 Å². The van der Waals surface area contributed by atoms with Crippen LogP contribution in [0.25, 0.3) is 11.1 Å². The standard InChI is InChI=1S/C24H30N2O5/c27-16-21-20(28)14-22(31-21)26-15-18-13-19(30-23(18)25-24(26)29)12-8-3-1-2-5-9-17-10-6-4-7-11-17/h4,6-7,10-11,13,15,20-22,27-28H,1-3,5,8-9,12,14,16H2/t20-,21+,22+/m0/s1. The molecule has 1 fully saturated rings. The lowest BCUT2D eigenvalue weighted by Crippen LogP contribution is -2.27. The van der Waals surface area contributed by atoms with Crippen molar-refractivity contribution in [2.24, 2.45) is 0 Å². The normalized spacial score (nSPS) is 21.2. The number of hydrogen-bond acceptors (Lipinski definition) is 6. The molecule has 0 saturated carbocycles. The van der Waals surface area contributed by atoms with E-state index in [1.807, 2.05) is 12.1 Å². The Bertz CT molecular complexity index is 1030. The fourth-order valence-corrected chi connectivity index (χ4v) is 4.16. The molecule has 7 heteroatoms. The minimum atomic E-state index is -0.801. The van der Waals surface area contributed by atoms with Crippen molar-refractivity contribution in [3.05, 3.63) is 64.4 Å². The Morgan fingerprint density at radius 2 is 1.81 bits per heavy atom. The highest BCUT2D eigenvalue weighted by molar-refractivity contribution is 5.72. The van der Waals surface area contributed by atoms with Gasteiger partial charge in [0.2, 0.25) is 5.71 Å². The number of furan rings is 1. The molecule has 1 aromatic carbocycles. The van der Waals surface area contributed by atoms with Crippen molar-refractivity contribution < 1.29 is 19.4 Å². The first-order valence-electron chi connectivity index (χ1n) is 11.1. The van der Waals surface area contributed by atoms with Gasteiger partial charge in [-0.1, -0.05) is 49.6 Å². The smallest absolute Gasteiger partial charge is 0.353 e. The number of hydrogen-bond donors (Lipinski definition) is 2. The maximum atomic E-state index is 12.4. The van der Waals surface area contributed by atoms with Crippen LogP contribution < -0.4 is 5.69 Å². The van der Waals surface area contributed by atoms with Gasteiger partial charge in [-0.25, -0.2) is 4.79 Å². The molecule has 3 aromatic rings. The molecule has 0 radical (unpaired) electrons. The molecule has 4 rings (SSSR count). The Hall–Kier alpha value is -2.48. The predicted octanol–water partition coefficient (Wildman–Crippen LogP) is 3.37. The summed E-state index contributed by atoms with van der Waals surface area (Å²) >= 11 is 0. The van der Waals surface area contributed by atoms with E-state index in [1.54, 1.807) is 6.20 Å². The lowest BCUT2D eigenvalue weighted by Gasteiger charge is -2.13. The average Bonchev–Trinajstić information content (AvgIpc) is 3.35. The van der Waals surface area contributed by atoms with E-state index in [4.69, 9.17) is 9.15 Å². The van der Waals surface area contributed by atoms with Crippen LogP contribution in [0.2, 0.25) is 0 Å². The van der Waals surface area contributed by atoms with E-state index in [0.29, 0.717) is 5.71 Å². The number of unbranched alkanes of at least 4 members (excludes halogenated alkanes) is 4. The molecule has 3 atom stereocenters. The van der Waals surface area contributed by atoms with Gasteiger partial charge >= 0.3 is 5.69 Å². The molecule has 0 spiro atoms. The summed E-state index contributed by atoms with van der Waals surface area (Å²) in [6.45, 7) is -0.287. The lowest BCUT2D eigenvalue weighted by atomic mass is 10.0. The average molecular weight is 427 g/mol. The number of nitrogens with zero attached hydrogens (tertiary/aromatic N) is 2. The molecule has 0 amide bonds. The van der Waals surface area contributed by atoms with Gasteiger partial charge in [0.05, 0.1) is 18.1 Å². The zero-order chi connectivity index (χ0) is 21.6. The fourth-order valence-electron chi connectivity index (χ4n) is 4.16. The number of ether oxygens (including phenoxy) is 1. The summed E-state index contributed by atoms with van der Waals surface area (Å²) in [5.41, 5.74) is 1.25. The molecule has 166 valence electrons. The van der Waals surface area contributed by atoms with Gasteiger partial charge in [-0.15, -0.1) is 0 Å². The summed E-state index contributed by atoms with van der Waals surface area (Å²) in [7, 11) is 0. The Balaban J connectivity index is 1.26. The second-order valence-corrected chi connectivity index (χ2v) is 8.27. The number of aliphatic hydroxyl groups excluding tert-OH is 2. The van der Waals surface area contributed by atoms with E-state index >= 15 is 0 Å². The van der Waals surface area contributed by atoms with Crippen LogP contribution in [0.4, 0.5) is 0 Å². The number of benzene rings is 1. The lowest BCUT2D eigenvalue weighted by molar-refractivity contribution is -0.0457. The van der Waals surface area contributed by atoms with E-state index in [-0.39, 0.29) is 13.0 Å². The highest BCUT2D eigenvalue weighted by Crippen LogP contribution is 2.28. The number of fused-ring (bicyclic) bond motifs is 1. The summed E-state index contributed by atoms with van der Waals surface area (Å²) in [6, 6.07) is 12.5. The van der Waals surface area contributed by atoms with Crippen molar-refractivity contribution in [2.45, 2.75) is 69.8 Å². The number of rotatable bonds is 10. The van der Waals surface area contributed by atoms with Crippen LogP contribution in [0.15, 0.2) is 51.8 Å². The van der Waals surface area contributed by atoms with E-state index < -0.39 is 24.1 Å². The van der Waals surface area contributed by atoms with Gasteiger partial charge < -0.3 is 19.4 Å². The van der Waals surface area contributed by atoms with Crippen LogP contribution in [0, 0.1) is 0 Å². The molecule has 2 N–H and O–H groups in total. The largest absolute Gasteiger partial charge is 0.443 e. The third kappa shape index (κ3) is 5.42. The fraction of sp³-hybridized carbons (Fsp3) is 0.500. The van der Waals surface area contributed by atoms with Crippen LogP contribution in [0.5, 0.6) is 0 Å². The van der Waals surface area contributed by atoms with Crippen molar-refractivity contribution in [1.29, 1.82) is 0 Å².